The van der Waals surface area contributed by atoms with Gasteiger partial charge in [0.15, 0.2) is 0 Å². The molecular weight excluding hydrogens is 274 g/mol. The van der Waals surface area contributed by atoms with Crippen LogP contribution in [0.3, 0.4) is 0 Å². The minimum atomic E-state index is -0.0561. The number of hydrogen-bond donors (Lipinski definition) is 1. The number of carbonyl (C=O) groups is 1. The molecule has 0 saturated heterocycles. The molecule has 1 N–H and O–H groups in total. The van der Waals surface area contributed by atoms with Crippen molar-refractivity contribution in [3.05, 3.63) is 64.2 Å². The number of hydrogen-bond acceptors (Lipinski definition) is 2. The molecule has 0 unspecified atom stereocenters. The lowest BCUT2D eigenvalue weighted by molar-refractivity contribution is 0.0939. The Balaban J connectivity index is 2.15. The van der Waals surface area contributed by atoms with Gasteiger partial charge in [0.25, 0.3) is 5.91 Å². The minimum absolute atomic E-state index is 0.0380. The second-order valence-electron chi connectivity index (χ2n) is 5.72. The molecule has 1 atom stereocenters. The van der Waals surface area contributed by atoms with Gasteiger partial charge in [-0.3, -0.25) is 4.79 Å². The van der Waals surface area contributed by atoms with Gasteiger partial charge in [0, 0.05) is 5.56 Å². The number of aryl methyl sites for hydroxylation is 3. The third kappa shape index (κ3) is 3.48. The topological polar surface area (TPSA) is 38.3 Å². The van der Waals surface area contributed by atoms with Crippen molar-refractivity contribution in [2.45, 2.75) is 33.7 Å². The molecule has 0 aliphatic carbocycles. The van der Waals surface area contributed by atoms with Crippen LogP contribution in [0.5, 0.6) is 5.75 Å². The van der Waals surface area contributed by atoms with E-state index in [0.717, 1.165) is 28.0 Å². The van der Waals surface area contributed by atoms with Gasteiger partial charge in [0.2, 0.25) is 0 Å². The summed E-state index contributed by atoms with van der Waals surface area (Å²) in [6.45, 7) is 8.04. The largest absolute Gasteiger partial charge is 0.497 e. The van der Waals surface area contributed by atoms with Gasteiger partial charge in [-0.05, 0) is 68.1 Å². The van der Waals surface area contributed by atoms with Gasteiger partial charge in [-0.15, -0.1) is 0 Å². The quantitative estimate of drug-likeness (QED) is 0.922. The fraction of sp³-hybridized carbons (Fsp3) is 0.316. The lowest BCUT2D eigenvalue weighted by Crippen LogP contribution is -2.27. The number of methoxy groups -OCH3 is 1. The van der Waals surface area contributed by atoms with Crippen LogP contribution in [0.15, 0.2) is 36.4 Å². The SMILES string of the molecule is COc1ccc([C@@H](C)NC(=O)c2cc(C)c(C)cc2C)cc1. The fourth-order valence-electron chi connectivity index (χ4n) is 2.46. The number of amides is 1. The van der Waals surface area contributed by atoms with Crippen LogP contribution in [-0.4, -0.2) is 13.0 Å². The van der Waals surface area contributed by atoms with Gasteiger partial charge in [0.05, 0.1) is 13.2 Å². The molecule has 0 heterocycles. The van der Waals surface area contributed by atoms with Gasteiger partial charge in [-0.1, -0.05) is 18.2 Å². The standard InChI is InChI=1S/C19H23NO2/c1-12-10-14(3)18(11-13(12)2)19(21)20-15(4)16-6-8-17(22-5)9-7-16/h6-11,15H,1-5H3,(H,20,21)/t15-/m1/s1. The first-order chi connectivity index (χ1) is 10.4. The Morgan fingerprint density at radius 3 is 2.18 bits per heavy atom. The van der Waals surface area contributed by atoms with Crippen molar-refractivity contribution in [2.75, 3.05) is 7.11 Å². The second kappa shape index (κ2) is 6.65. The zero-order valence-electron chi connectivity index (χ0n) is 13.9. The Bertz CT molecular complexity index is 675. The summed E-state index contributed by atoms with van der Waals surface area (Å²) in [6.07, 6.45) is 0. The normalized spacial score (nSPS) is 11.9. The van der Waals surface area contributed by atoms with Crippen LogP contribution >= 0.6 is 0 Å². The van der Waals surface area contributed by atoms with E-state index in [2.05, 4.69) is 18.3 Å². The van der Waals surface area contributed by atoms with E-state index in [4.69, 9.17) is 4.74 Å². The Hall–Kier alpha value is -2.29. The maximum atomic E-state index is 12.5. The van der Waals surface area contributed by atoms with E-state index in [1.165, 1.54) is 5.56 Å². The molecule has 0 saturated carbocycles. The van der Waals surface area contributed by atoms with E-state index in [0.29, 0.717) is 0 Å². The van der Waals surface area contributed by atoms with Crippen molar-refractivity contribution >= 4 is 5.91 Å². The molecule has 0 aliphatic heterocycles. The van der Waals surface area contributed by atoms with Crippen LogP contribution in [0.2, 0.25) is 0 Å². The van der Waals surface area contributed by atoms with Crippen LogP contribution in [0.4, 0.5) is 0 Å². The fourth-order valence-corrected chi connectivity index (χ4v) is 2.46. The zero-order chi connectivity index (χ0) is 16.3. The first kappa shape index (κ1) is 16.1. The van der Waals surface area contributed by atoms with Crippen LogP contribution < -0.4 is 10.1 Å². The monoisotopic (exact) mass is 297 g/mol. The van der Waals surface area contributed by atoms with Crippen molar-refractivity contribution in [3.8, 4) is 5.75 Å². The molecule has 3 heteroatoms. The smallest absolute Gasteiger partial charge is 0.252 e. The first-order valence-electron chi connectivity index (χ1n) is 7.45. The molecule has 2 aromatic rings. The van der Waals surface area contributed by atoms with Gasteiger partial charge in [-0.25, -0.2) is 0 Å². The molecule has 0 bridgehead atoms. The predicted molar refractivity (Wildman–Crippen MR) is 89.5 cm³/mol. The predicted octanol–water partition coefficient (Wildman–Crippen LogP) is 4.11. The Morgan fingerprint density at radius 1 is 1.00 bits per heavy atom. The summed E-state index contributed by atoms with van der Waals surface area (Å²) in [5, 5.41) is 3.06. The van der Waals surface area contributed by atoms with Gasteiger partial charge < -0.3 is 10.1 Å². The summed E-state index contributed by atoms with van der Waals surface area (Å²) in [5.41, 5.74) is 5.13. The van der Waals surface area contributed by atoms with Crippen LogP contribution in [0.25, 0.3) is 0 Å². The summed E-state index contributed by atoms with van der Waals surface area (Å²) >= 11 is 0. The zero-order valence-corrected chi connectivity index (χ0v) is 13.9. The first-order valence-corrected chi connectivity index (χ1v) is 7.45. The maximum absolute atomic E-state index is 12.5. The number of nitrogens with one attached hydrogen (secondary N) is 1. The van der Waals surface area contributed by atoms with E-state index in [1.807, 2.05) is 51.1 Å². The van der Waals surface area contributed by atoms with Gasteiger partial charge >= 0.3 is 0 Å². The highest BCUT2D eigenvalue weighted by molar-refractivity contribution is 5.96. The van der Waals surface area contributed by atoms with Crippen LogP contribution in [-0.2, 0) is 0 Å². The molecule has 0 fully saturated rings. The molecule has 0 aliphatic rings. The number of rotatable bonds is 4. The molecule has 0 aromatic heterocycles. The third-order valence-electron chi connectivity index (χ3n) is 4.05. The van der Waals surface area contributed by atoms with Crippen molar-refractivity contribution in [2.24, 2.45) is 0 Å². The van der Waals surface area contributed by atoms with Crippen LogP contribution in [0.1, 0.15) is 45.6 Å². The van der Waals surface area contributed by atoms with Gasteiger partial charge in [-0.2, -0.15) is 0 Å². The summed E-state index contributed by atoms with van der Waals surface area (Å²) in [6, 6.07) is 11.7. The minimum Gasteiger partial charge on any atom is -0.497 e. The molecule has 2 aromatic carbocycles. The Labute approximate surface area is 132 Å². The molecule has 0 spiro atoms. The third-order valence-corrected chi connectivity index (χ3v) is 4.05. The van der Waals surface area contributed by atoms with E-state index in [1.54, 1.807) is 7.11 Å². The molecule has 3 nitrogen and oxygen atoms in total. The Morgan fingerprint density at radius 2 is 1.59 bits per heavy atom. The van der Waals surface area contributed by atoms with E-state index >= 15 is 0 Å². The van der Waals surface area contributed by atoms with Crippen molar-refractivity contribution in [1.82, 2.24) is 5.32 Å². The lowest BCUT2D eigenvalue weighted by atomic mass is 9.99. The molecule has 1 amide bonds. The van der Waals surface area contributed by atoms with Crippen LogP contribution in [0, 0.1) is 20.8 Å². The average Bonchev–Trinajstić information content (AvgIpc) is 2.50. The molecule has 22 heavy (non-hydrogen) atoms. The number of benzene rings is 2. The molecule has 116 valence electrons. The van der Waals surface area contributed by atoms with E-state index < -0.39 is 0 Å². The van der Waals surface area contributed by atoms with E-state index in [-0.39, 0.29) is 11.9 Å². The average molecular weight is 297 g/mol. The summed E-state index contributed by atoms with van der Waals surface area (Å²) in [7, 11) is 1.64. The number of carbonyl (C=O) groups excluding carboxylic acids is 1. The highest BCUT2D eigenvalue weighted by Gasteiger charge is 2.14. The molecule has 2 rings (SSSR count). The van der Waals surface area contributed by atoms with Crippen molar-refractivity contribution in [1.29, 1.82) is 0 Å². The summed E-state index contributed by atoms with van der Waals surface area (Å²) in [5.74, 6) is 0.774. The lowest BCUT2D eigenvalue weighted by Gasteiger charge is -2.16. The van der Waals surface area contributed by atoms with Gasteiger partial charge in [0.1, 0.15) is 5.75 Å². The molecule has 0 radical (unpaired) electrons. The van der Waals surface area contributed by atoms with Crippen molar-refractivity contribution < 1.29 is 9.53 Å². The Kier molecular flexibility index (Phi) is 4.86. The van der Waals surface area contributed by atoms with E-state index in [9.17, 15) is 4.79 Å². The summed E-state index contributed by atoms with van der Waals surface area (Å²) in [4.78, 5) is 12.5. The maximum Gasteiger partial charge on any atom is 0.252 e. The highest BCUT2D eigenvalue weighted by Crippen LogP contribution is 2.19. The molecular formula is C19H23NO2. The van der Waals surface area contributed by atoms with Crippen molar-refractivity contribution in [3.63, 3.8) is 0 Å². The second-order valence-corrected chi connectivity index (χ2v) is 5.72. The summed E-state index contributed by atoms with van der Waals surface area (Å²) < 4.78 is 5.15. The highest BCUT2D eigenvalue weighted by atomic mass is 16.5. The number of ether oxygens (including phenoxy) is 1.